The lowest BCUT2D eigenvalue weighted by atomic mass is 9.72. The zero-order chi connectivity index (χ0) is 13.2. The number of hydrogen-bond donors (Lipinski definition) is 0. The van der Waals surface area contributed by atoms with Crippen molar-refractivity contribution in [2.75, 3.05) is 0 Å². The highest BCUT2D eigenvalue weighted by Gasteiger charge is 2.27. The summed E-state index contributed by atoms with van der Waals surface area (Å²) >= 11 is 5.93. The van der Waals surface area contributed by atoms with E-state index in [0.717, 1.165) is 30.6 Å². The summed E-state index contributed by atoms with van der Waals surface area (Å²) in [4.78, 5) is 10.8. The lowest BCUT2D eigenvalue weighted by Gasteiger charge is -2.33. The topological polar surface area (TPSA) is 17.1 Å². The maximum atomic E-state index is 10.8. The van der Waals surface area contributed by atoms with Crippen LogP contribution in [0.25, 0.3) is 5.57 Å². The van der Waals surface area contributed by atoms with E-state index in [2.05, 4.69) is 26.0 Å². The van der Waals surface area contributed by atoms with Crippen molar-refractivity contribution in [3.8, 4) is 0 Å². The van der Waals surface area contributed by atoms with Crippen molar-refractivity contribution < 1.29 is 4.79 Å². The molecule has 0 fully saturated rings. The van der Waals surface area contributed by atoms with Gasteiger partial charge in [-0.15, -0.1) is 0 Å². The molecular weight excluding hydrogens is 244 g/mol. The van der Waals surface area contributed by atoms with Gasteiger partial charge in [-0.25, -0.2) is 0 Å². The number of rotatable bonds is 3. The first kappa shape index (κ1) is 13.4. The Balaban J connectivity index is 2.40. The number of aldehydes is 1. The third-order valence-electron chi connectivity index (χ3n) is 3.71. The van der Waals surface area contributed by atoms with Crippen molar-refractivity contribution in [3.63, 3.8) is 0 Å². The van der Waals surface area contributed by atoms with E-state index in [1.54, 1.807) is 0 Å². The second kappa shape index (κ2) is 5.27. The van der Waals surface area contributed by atoms with Crippen LogP contribution < -0.4 is 0 Å². The highest BCUT2D eigenvalue weighted by Crippen LogP contribution is 2.43. The quantitative estimate of drug-likeness (QED) is 0.709. The van der Waals surface area contributed by atoms with Gasteiger partial charge in [0.25, 0.3) is 0 Å². The molecule has 0 radical (unpaired) electrons. The molecule has 1 aromatic rings. The van der Waals surface area contributed by atoms with Crippen LogP contribution in [0.3, 0.4) is 0 Å². The molecule has 0 spiro atoms. The van der Waals surface area contributed by atoms with Crippen molar-refractivity contribution in [1.82, 2.24) is 0 Å². The molecule has 1 aromatic carbocycles. The van der Waals surface area contributed by atoms with Crippen molar-refractivity contribution in [1.29, 1.82) is 0 Å². The predicted octanol–water partition coefficient (Wildman–Crippen LogP) is 4.89. The predicted molar refractivity (Wildman–Crippen MR) is 76.7 cm³/mol. The minimum absolute atomic E-state index is 0.321. The summed E-state index contributed by atoms with van der Waals surface area (Å²) in [5.41, 5.74) is 4.17. The minimum Gasteiger partial charge on any atom is -0.303 e. The first-order valence-corrected chi connectivity index (χ1v) is 6.80. The Hall–Kier alpha value is -1.08. The molecule has 0 atom stereocenters. The van der Waals surface area contributed by atoms with Crippen LogP contribution in [0.4, 0.5) is 0 Å². The van der Waals surface area contributed by atoms with Gasteiger partial charge in [-0.05, 0) is 47.9 Å². The van der Waals surface area contributed by atoms with E-state index in [-0.39, 0.29) is 0 Å². The van der Waals surface area contributed by atoms with E-state index < -0.39 is 0 Å². The average Bonchev–Trinajstić information content (AvgIpc) is 2.32. The summed E-state index contributed by atoms with van der Waals surface area (Å²) in [6.07, 6.45) is 4.81. The zero-order valence-electron chi connectivity index (χ0n) is 11.0. The molecule has 0 heterocycles. The van der Waals surface area contributed by atoms with Gasteiger partial charge < -0.3 is 4.79 Å². The maximum absolute atomic E-state index is 10.8. The highest BCUT2D eigenvalue weighted by atomic mass is 35.5. The van der Waals surface area contributed by atoms with Crippen LogP contribution in [0.15, 0.2) is 29.8 Å². The molecule has 1 nitrogen and oxygen atoms in total. The van der Waals surface area contributed by atoms with E-state index in [1.165, 1.54) is 16.7 Å². The number of halogens is 1. The van der Waals surface area contributed by atoms with Gasteiger partial charge in [0.05, 0.1) is 0 Å². The molecule has 0 unspecified atom stereocenters. The number of hydrogen-bond acceptors (Lipinski definition) is 1. The molecule has 96 valence electrons. The van der Waals surface area contributed by atoms with Crippen LogP contribution in [-0.4, -0.2) is 6.29 Å². The largest absolute Gasteiger partial charge is 0.303 e. The summed E-state index contributed by atoms with van der Waals surface area (Å²) in [7, 11) is 0. The summed E-state index contributed by atoms with van der Waals surface area (Å²) in [6, 6.07) is 7.96. The third kappa shape index (κ3) is 3.02. The Bertz CT molecular complexity index is 468. The van der Waals surface area contributed by atoms with Gasteiger partial charge in [0.15, 0.2) is 0 Å². The molecule has 0 saturated carbocycles. The lowest BCUT2D eigenvalue weighted by molar-refractivity contribution is -0.107. The second-order valence-corrected chi connectivity index (χ2v) is 6.24. The molecule has 0 aromatic heterocycles. The van der Waals surface area contributed by atoms with E-state index in [9.17, 15) is 4.79 Å². The maximum Gasteiger partial charge on any atom is 0.124 e. The fraction of sp³-hybridized carbons (Fsp3) is 0.438. The van der Waals surface area contributed by atoms with Crippen LogP contribution in [0.2, 0.25) is 5.02 Å². The van der Waals surface area contributed by atoms with Gasteiger partial charge in [-0.1, -0.05) is 43.2 Å². The molecule has 1 aliphatic carbocycles. The molecule has 2 heteroatoms. The summed E-state index contributed by atoms with van der Waals surface area (Å²) in [6.45, 7) is 4.58. The molecule has 0 bridgehead atoms. The summed E-state index contributed by atoms with van der Waals surface area (Å²) in [5.74, 6) is 0. The lowest BCUT2D eigenvalue weighted by Crippen LogP contribution is -2.18. The number of carbonyl (C=O) groups excluding carboxylic acids is 1. The second-order valence-electron chi connectivity index (χ2n) is 5.80. The van der Waals surface area contributed by atoms with Crippen molar-refractivity contribution in [2.45, 2.75) is 39.5 Å². The average molecular weight is 263 g/mol. The van der Waals surface area contributed by atoms with Crippen LogP contribution in [-0.2, 0) is 4.79 Å². The van der Waals surface area contributed by atoms with Gasteiger partial charge in [0.2, 0.25) is 0 Å². The van der Waals surface area contributed by atoms with E-state index in [4.69, 9.17) is 11.6 Å². The smallest absolute Gasteiger partial charge is 0.124 e. The van der Waals surface area contributed by atoms with Gasteiger partial charge in [-0.3, -0.25) is 0 Å². The van der Waals surface area contributed by atoms with Crippen LogP contribution in [0, 0.1) is 5.41 Å². The normalized spacial score (nSPS) is 18.8. The highest BCUT2D eigenvalue weighted by molar-refractivity contribution is 6.30. The number of carbonyl (C=O) groups is 1. The molecule has 18 heavy (non-hydrogen) atoms. The fourth-order valence-corrected chi connectivity index (χ4v) is 2.74. The zero-order valence-corrected chi connectivity index (χ0v) is 11.8. The van der Waals surface area contributed by atoms with Gasteiger partial charge in [-0.2, -0.15) is 0 Å². The minimum atomic E-state index is 0.321. The van der Waals surface area contributed by atoms with E-state index in [1.807, 2.05) is 12.1 Å². The van der Waals surface area contributed by atoms with Crippen molar-refractivity contribution in [2.24, 2.45) is 5.41 Å². The van der Waals surface area contributed by atoms with Crippen LogP contribution in [0.1, 0.15) is 45.1 Å². The molecule has 0 saturated heterocycles. The van der Waals surface area contributed by atoms with Gasteiger partial charge in [0, 0.05) is 11.4 Å². The Labute approximate surface area is 114 Å². The van der Waals surface area contributed by atoms with Crippen molar-refractivity contribution in [3.05, 3.63) is 40.4 Å². The first-order chi connectivity index (χ1) is 8.52. The number of benzene rings is 1. The Morgan fingerprint density at radius 3 is 2.56 bits per heavy atom. The Kier molecular flexibility index (Phi) is 3.91. The fourth-order valence-electron chi connectivity index (χ4n) is 2.62. The summed E-state index contributed by atoms with van der Waals surface area (Å²) < 4.78 is 0. The monoisotopic (exact) mass is 262 g/mol. The SMILES string of the molecule is CC1(C)CCC(CC=O)=C(c2ccc(Cl)cc2)C1. The standard InChI is InChI=1S/C16H19ClO/c1-16(2)9-7-13(8-10-18)15(11-16)12-3-5-14(17)6-4-12/h3-6,10H,7-9,11H2,1-2H3. The first-order valence-electron chi connectivity index (χ1n) is 6.42. The number of allylic oxidation sites excluding steroid dienone is 2. The van der Waals surface area contributed by atoms with Crippen LogP contribution in [0.5, 0.6) is 0 Å². The van der Waals surface area contributed by atoms with Crippen molar-refractivity contribution >= 4 is 23.5 Å². The van der Waals surface area contributed by atoms with Gasteiger partial charge in [0.1, 0.15) is 6.29 Å². The van der Waals surface area contributed by atoms with Crippen LogP contribution >= 0.6 is 11.6 Å². The van der Waals surface area contributed by atoms with E-state index >= 15 is 0 Å². The molecule has 0 aliphatic heterocycles. The third-order valence-corrected chi connectivity index (χ3v) is 3.96. The summed E-state index contributed by atoms with van der Waals surface area (Å²) in [5, 5.41) is 0.756. The molecule has 2 rings (SSSR count). The molecule has 1 aliphatic rings. The van der Waals surface area contributed by atoms with Gasteiger partial charge >= 0.3 is 0 Å². The molecule has 0 N–H and O–H groups in total. The Morgan fingerprint density at radius 2 is 1.94 bits per heavy atom. The Morgan fingerprint density at radius 1 is 1.28 bits per heavy atom. The van der Waals surface area contributed by atoms with E-state index in [0.29, 0.717) is 11.8 Å². The molecular formula is C16H19ClO. The molecule has 0 amide bonds.